The van der Waals surface area contributed by atoms with Crippen molar-refractivity contribution < 1.29 is 22.7 Å². The van der Waals surface area contributed by atoms with E-state index in [2.05, 4.69) is 19.6 Å². The number of carbonyl (C=O) groups is 1. The predicted octanol–water partition coefficient (Wildman–Crippen LogP) is 3.03. The monoisotopic (exact) mass is 487 g/mol. The zero-order valence-corrected chi connectivity index (χ0v) is 19.4. The maximum absolute atomic E-state index is 13.0. The van der Waals surface area contributed by atoms with Gasteiger partial charge in [-0.2, -0.15) is 9.97 Å². The first-order valence-corrected chi connectivity index (χ1v) is 12.0. The SMILES string of the molecule is COc1cc(OC)nc(NC(=O)NS(=O)(=O)c2cccc3c2SN(Cc2ccccc2)C3)n1. The van der Waals surface area contributed by atoms with Crippen LogP contribution in [0.15, 0.2) is 64.4 Å². The molecule has 0 saturated carbocycles. The number of methoxy groups -OCH3 is 2. The number of ether oxygens (including phenoxy) is 2. The second-order valence-corrected chi connectivity index (χ2v) is 9.71. The molecule has 1 aliphatic heterocycles. The van der Waals surface area contributed by atoms with Crippen LogP contribution in [0.2, 0.25) is 0 Å². The van der Waals surface area contributed by atoms with E-state index in [-0.39, 0.29) is 22.6 Å². The molecule has 2 N–H and O–H groups in total. The van der Waals surface area contributed by atoms with Crippen LogP contribution in [0, 0.1) is 0 Å². The molecular formula is C21H21N5O5S2. The predicted molar refractivity (Wildman–Crippen MR) is 122 cm³/mol. The van der Waals surface area contributed by atoms with Gasteiger partial charge in [0.05, 0.1) is 20.3 Å². The number of benzene rings is 2. The molecule has 0 bridgehead atoms. The maximum atomic E-state index is 13.0. The van der Waals surface area contributed by atoms with Crippen molar-refractivity contribution in [3.63, 3.8) is 0 Å². The highest BCUT2D eigenvalue weighted by Crippen LogP contribution is 2.40. The van der Waals surface area contributed by atoms with Crippen LogP contribution in [-0.4, -0.2) is 42.9 Å². The Morgan fingerprint density at radius 1 is 1.06 bits per heavy atom. The van der Waals surface area contributed by atoms with E-state index in [0.717, 1.165) is 11.1 Å². The van der Waals surface area contributed by atoms with Gasteiger partial charge in [-0.1, -0.05) is 42.5 Å². The Bertz CT molecular complexity index is 1250. The first-order valence-electron chi connectivity index (χ1n) is 9.77. The van der Waals surface area contributed by atoms with Crippen molar-refractivity contribution in [3.05, 3.63) is 65.7 Å². The standard InChI is InChI=1S/C21H21N5O5S2/c1-30-17-11-18(31-2)23-20(22-17)24-21(27)25-33(28,29)16-10-6-9-15-13-26(32-19(15)16)12-14-7-4-3-5-8-14/h3-11H,12-13H2,1-2H3,(H2,22,23,24,25,27). The largest absolute Gasteiger partial charge is 0.481 e. The summed E-state index contributed by atoms with van der Waals surface area (Å²) in [5.41, 5.74) is 1.99. The summed E-state index contributed by atoms with van der Waals surface area (Å²) in [5.74, 6) is 0.132. The summed E-state index contributed by atoms with van der Waals surface area (Å²) in [6, 6.07) is 15.3. The van der Waals surface area contributed by atoms with E-state index in [1.807, 2.05) is 41.1 Å². The van der Waals surface area contributed by atoms with Crippen LogP contribution < -0.4 is 19.5 Å². The Morgan fingerprint density at radius 3 is 2.42 bits per heavy atom. The first-order chi connectivity index (χ1) is 15.9. The highest BCUT2D eigenvalue weighted by Gasteiger charge is 2.29. The number of carbonyl (C=O) groups excluding carboxylic acids is 1. The smallest absolute Gasteiger partial charge is 0.335 e. The van der Waals surface area contributed by atoms with E-state index < -0.39 is 16.1 Å². The number of hydrogen-bond donors (Lipinski definition) is 2. The lowest BCUT2D eigenvalue weighted by Crippen LogP contribution is -2.35. The minimum atomic E-state index is -4.16. The number of nitrogens with zero attached hydrogens (tertiary/aromatic N) is 3. The summed E-state index contributed by atoms with van der Waals surface area (Å²) < 4.78 is 40.2. The lowest BCUT2D eigenvalue weighted by Gasteiger charge is -2.14. The summed E-state index contributed by atoms with van der Waals surface area (Å²) in [6.07, 6.45) is 0. The zero-order valence-electron chi connectivity index (χ0n) is 17.8. The fraction of sp³-hybridized carbons (Fsp3) is 0.190. The van der Waals surface area contributed by atoms with Gasteiger partial charge in [0.25, 0.3) is 10.0 Å². The van der Waals surface area contributed by atoms with Gasteiger partial charge in [-0.05, 0) is 29.1 Å². The van der Waals surface area contributed by atoms with Crippen molar-refractivity contribution in [1.82, 2.24) is 19.0 Å². The van der Waals surface area contributed by atoms with E-state index in [1.54, 1.807) is 6.07 Å². The van der Waals surface area contributed by atoms with Gasteiger partial charge in [-0.15, -0.1) is 0 Å². The van der Waals surface area contributed by atoms with Crippen molar-refractivity contribution >= 4 is 34.0 Å². The van der Waals surface area contributed by atoms with Crippen LogP contribution >= 0.6 is 11.9 Å². The first kappa shape index (κ1) is 22.8. The molecule has 1 aliphatic rings. The molecule has 0 spiro atoms. The van der Waals surface area contributed by atoms with E-state index in [4.69, 9.17) is 9.47 Å². The maximum Gasteiger partial charge on any atom is 0.335 e. The van der Waals surface area contributed by atoms with Crippen molar-refractivity contribution in [3.8, 4) is 11.8 Å². The van der Waals surface area contributed by atoms with E-state index in [0.29, 0.717) is 18.0 Å². The molecule has 1 aromatic heterocycles. The molecule has 33 heavy (non-hydrogen) atoms. The number of aromatic nitrogens is 2. The minimum absolute atomic E-state index is 0.0276. The number of anilines is 1. The quantitative estimate of drug-likeness (QED) is 0.484. The van der Waals surface area contributed by atoms with Crippen LogP contribution in [-0.2, 0) is 23.1 Å². The molecule has 3 aromatic rings. The van der Waals surface area contributed by atoms with Crippen molar-refractivity contribution in [2.24, 2.45) is 0 Å². The normalized spacial score (nSPS) is 13.3. The molecule has 0 saturated heterocycles. The highest BCUT2D eigenvalue weighted by atomic mass is 32.2. The number of hydrogen-bond acceptors (Lipinski definition) is 9. The highest BCUT2D eigenvalue weighted by molar-refractivity contribution is 7.98. The molecule has 12 heteroatoms. The molecule has 10 nitrogen and oxygen atoms in total. The number of nitrogens with one attached hydrogen (secondary N) is 2. The molecule has 0 atom stereocenters. The molecular weight excluding hydrogens is 466 g/mol. The third kappa shape index (κ3) is 5.35. The Labute approximate surface area is 195 Å². The number of rotatable bonds is 7. The Morgan fingerprint density at radius 2 is 1.76 bits per heavy atom. The molecule has 0 fully saturated rings. The Kier molecular flexibility index (Phi) is 6.67. The molecule has 0 radical (unpaired) electrons. The summed E-state index contributed by atoms with van der Waals surface area (Å²) in [4.78, 5) is 21.0. The topological polar surface area (TPSA) is 123 Å². The van der Waals surface area contributed by atoms with Gasteiger partial charge in [0.2, 0.25) is 17.7 Å². The summed E-state index contributed by atoms with van der Waals surface area (Å²) in [5, 5.41) is 2.30. The molecule has 4 rings (SSSR count). The third-order valence-electron chi connectivity index (χ3n) is 4.67. The number of amides is 2. The van der Waals surface area contributed by atoms with Crippen molar-refractivity contribution in [2.75, 3.05) is 19.5 Å². The van der Waals surface area contributed by atoms with Gasteiger partial charge in [0.15, 0.2) is 0 Å². The molecule has 2 amide bonds. The van der Waals surface area contributed by atoms with Gasteiger partial charge in [-0.3, -0.25) is 5.32 Å². The van der Waals surface area contributed by atoms with Crippen LogP contribution in [0.4, 0.5) is 10.7 Å². The number of fused-ring (bicyclic) bond motifs is 1. The minimum Gasteiger partial charge on any atom is -0.481 e. The van der Waals surface area contributed by atoms with Crippen LogP contribution in [0.1, 0.15) is 11.1 Å². The second-order valence-electron chi connectivity index (χ2n) is 6.96. The summed E-state index contributed by atoms with van der Waals surface area (Å²) >= 11 is 1.35. The molecule has 2 heterocycles. The van der Waals surface area contributed by atoms with Crippen molar-refractivity contribution in [2.45, 2.75) is 22.9 Å². The van der Waals surface area contributed by atoms with Crippen molar-refractivity contribution in [1.29, 1.82) is 0 Å². The fourth-order valence-electron chi connectivity index (χ4n) is 3.20. The fourth-order valence-corrected chi connectivity index (χ4v) is 5.76. The van der Waals surface area contributed by atoms with Gasteiger partial charge in [-0.25, -0.2) is 22.2 Å². The number of urea groups is 1. The Hall–Kier alpha value is -3.35. The van der Waals surface area contributed by atoms with Gasteiger partial charge in [0.1, 0.15) is 4.90 Å². The zero-order chi connectivity index (χ0) is 23.4. The average molecular weight is 488 g/mol. The lowest BCUT2D eigenvalue weighted by atomic mass is 10.2. The summed E-state index contributed by atoms with van der Waals surface area (Å²) in [6.45, 7) is 1.24. The van der Waals surface area contributed by atoms with Crippen LogP contribution in [0.25, 0.3) is 0 Å². The van der Waals surface area contributed by atoms with Gasteiger partial charge < -0.3 is 9.47 Å². The van der Waals surface area contributed by atoms with E-state index >= 15 is 0 Å². The molecule has 0 unspecified atom stereocenters. The molecule has 2 aromatic carbocycles. The second kappa shape index (κ2) is 9.65. The van der Waals surface area contributed by atoms with Crippen LogP contribution in [0.3, 0.4) is 0 Å². The Balaban J connectivity index is 1.49. The number of sulfonamides is 1. The third-order valence-corrected chi connectivity index (χ3v) is 7.35. The summed E-state index contributed by atoms with van der Waals surface area (Å²) in [7, 11) is -1.37. The van der Waals surface area contributed by atoms with E-state index in [9.17, 15) is 13.2 Å². The average Bonchev–Trinajstić information content (AvgIpc) is 3.21. The lowest BCUT2D eigenvalue weighted by molar-refractivity contribution is 0.256. The molecule has 172 valence electrons. The van der Waals surface area contributed by atoms with Gasteiger partial charge in [0, 0.05) is 18.0 Å². The molecule has 0 aliphatic carbocycles. The van der Waals surface area contributed by atoms with Crippen LogP contribution in [0.5, 0.6) is 11.8 Å². The van der Waals surface area contributed by atoms with Gasteiger partial charge >= 0.3 is 6.03 Å². The van der Waals surface area contributed by atoms with E-state index in [1.165, 1.54) is 38.3 Å².